The number of allylic oxidation sites excluding steroid dienone is 2. The van der Waals surface area contributed by atoms with Crippen LogP contribution >= 0.6 is 0 Å². The molecular weight excluding hydrogens is 745 g/mol. The van der Waals surface area contributed by atoms with Crippen molar-refractivity contribution < 1.29 is 38.1 Å². The molecule has 0 radical (unpaired) electrons. The standard InChI is InChI=1S/C49H62N2O8/c1-3-56-44-23-32(7-11-42(44)58-46(54)13-15-50-48-26-34-17-35(27-48)19-36(18-34)28-48)5-9-40(52)25-41(53)10-6-33-8-12-43(45(24-33)57-4-2)59-47(55)14-16-51-49-29-37-20-38(30-49)22-39(21-37)31-49/h5-12,23-24,34-39,50-51H,3-4,13-22,25-31H2,1-2H3/b9-5+,10-6+. The van der Waals surface area contributed by atoms with Gasteiger partial charge in [0.25, 0.3) is 0 Å². The van der Waals surface area contributed by atoms with E-state index in [9.17, 15) is 19.2 Å². The molecule has 8 aliphatic rings. The van der Waals surface area contributed by atoms with Gasteiger partial charge in [0.1, 0.15) is 0 Å². The van der Waals surface area contributed by atoms with Gasteiger partial charge in [-0.2, -0.15) is 0 Å². The van der Waals surface area contributed by atoms with Crippen LogP contribution in [-0.4, -0.2) is 60.9 Å². The van der Waals surface area contributed by atoms with Crippen molar-refractivity contribution in [1.82, 2.24) is 10.6 Å². The molecule has 2 aromatic rings. The van der Waals surface area contributed by atoms with Crippen LogP contribution in [0.25, 0.3) is 12.2 Å². The smallest absolute Gasteiger partial charge is 0.312 e. The number of ether oxygens (including phenoxy) is 4. The minimum Gasteiger partial charge on any atom is -0.490 e. The highest BCUT2D eigenvalue weighted by atomic mass is 16.6. The van der Waals surface area contributed by atoms with Crippen LogP contribution in [0.3, 0.4) is 0 Å². The fraction of sp³-hybridized carbons (Fsp3) is 0.592. The van der Waals surface area contributed by atoms with Gasteiger partial charge < -0.3 is 29.6 Å². The van der Waals surface area contributed by atoms with Crippen molar-refractivity contribution in [2.75, 3.05) is 26.3 Å². The Hall–Kier alpha value is -4.28. The fourth-order valence-electron chi connectivity index (χ4n) is 12.5. The van der Waals surface area contributed by atoms with E-state index in [0.717, 1.165) is 35.5 Å². The maximum atomic E-state index is 12.9. The topological polar surface area (TPSA) is 129 Å². The second-order valence-electron chi connectivity index (χ2n) is 18.8. The van der Waals surface area contributed by atoms with E-state index in [2.05, 4.69) is 10.6 Å². The van der Waals surface area contributed by atoms with Crippen LogP contribution in [-0.2, 0) is 19.2 Å². The number of hydrogen-bond acceptors (Lipinski definition) is 10. The summed E-state index contributed by atoms with van der Waals surface area (Å²) in [5, 5.41) is 7.52. The molecular formula is C49H62N2O8. The summed E-state index contributed by atoms with van der Waals surface area (Å²) in [6.07, 6.45) is 21.9. The first-order valence-electron chi connectivity index (χ1n) is 22.4. The van der Waals surface area contributed by atoms with E-state index in [-0.39, 0.29) is 53.8 Å². The predicted octanol–water partition coefficient (Wildman–Crippen LogP) is 8.45. The molecule has 0 spiro atoms. The lowest BCUT2D eigenvalue weighted by Crippen LogP contribution is -2.58. The van der Waals surface area contributed by atoms with Gasteiger partial charge in [-0.1, -0.05) is 24.3 Å². The Morgan fingerprint density at radius 3 is 1.25 bits per heavy atom. The Labute approximate surface area is 349 Å². The largest absolute Gasteiger partial charge is 0.490 e. The molecule has 0 unspecified atom stereocenters. The van der Waals surface area contributed by atoms with E-state index in [4.69, 9.17) is 18.9 Å². The average Bonchev–Trinajstić information content (AvgIpc) is 3.17. The third-order valence-electron chi connectivity index (χ3n) is 14.0. The molecule has 2 N–H and O–H groups in total. The Morgan fingerprint density at radius 1 is 0.559 bits per heavy atom. The first-order valence-corrected chi connectivity index (χ1v) is 22.4. The number of benzene rings is 2. The van der Waals surface area contributed by atoms with Crippen LogP contribution in [0.15, 0.2) is 48.6 Å². The molecule has 8 bridgehead atoms. The van der Waals surface area contributed by atoms with Crippen molar-refractivity contribution in [2.24, 2.45) is 35.5 Å². The molecule has 59 heavy (non-hydrogen) atoms. The minimum atomic E-state index is -0.352. The normalized spacial score (nSPS) is 29.9. The summed E-state index contributed by atoms with van der Waals surface area (Å²) < 4.78 is 23.0. The predicted molar refractivity (Wildman–Crippen MR) is 226 cm³/mol. The molecule has 10 rings (SSSR count). The van der Waals surface area contributed by atoms with E-state index >= 15 is 0 Å². The molecule has 10 heteroatoms. The molecule has 2 aromatic carbocycles. The van der Waals surface area contributed by atoms with Gasteiger partial charge >= 0.3 is 11.9 Å². The number of nitrogens with one attached hydrogen (secondary N) is 2. The monoisotopic (exact) mass is 806 g/mol. The van der Waals surface area contributed by atoms with Crippen LogP contribution in [0.5, 0.6) is 23.0 Å². The molecule has 0 saturated heterocycles. The summed E-state index contributed by atoms with van der Waals surface area (Å²) in [5.74, 6) is 5.23. The van der Waals surface area contributed by atoms with Gasteiger partial charge in [-0.15, -0.1) is 0 Å². The highest BCUT2D eigenvalue weighted by Crippen LogP contribution is 2.56. The summed E-state index contributed by atoms with van der Waals surface area (Å²) in [6.45, 7) is 5.67. The first-order chi connectivity index (χ1) is 28.5. The molecule has 8 aliphatic carbocycles. The fourth-order valence-corrected chi connectivity index (χ4v) is 12.5. The lowest BCUT2D eigenvalue weighted by molar-refractivity contribution is -0.135. The molecule has 8 fully saturated rings. The van der Waals surface area contributed by atoms with Crippen LogP contribution in [0.2, 0.25) is 0 Å². The number of carbonyl (C=O) groups is 4. The van der Waals surface area contributed by atoms with Crippen LogP contribution in [0, 0.1) is 35.5 Å². The highest BCUT2D eigenvalue weighted by Gasteiger charge is 2.51. The molecule has 0 aliphatic heterocycles. The third-order valence-corrected chi connectivity index (χ3v) is 14.0. The zero-order valence-corrected chi connectivity index (χ0v) is 34.9. The zero-order valence-electron chi connectivity index (χ0n) is 34.9. The number of hydrogen-bond donors (Lipinski definition) is 2. The van der Waals surface area contributed by atoms with E-state index in [0.29, 0.717) is 60.4 Å². The highest BCUT2D eigenvalue weighted by molar-refractivity contribution is 6.10. The molecule has 0 heterocycles. The van der Waals surface area contributed by atoms with E-state index in [1.807, 2.05) is 13.8 Å². The SMILES string of the molecule is CCOc1cc(/C=C/C(=O)CC(=O)/C=C/c2ccc(OC(=O)CCNC34CC5CC(CC(C5)C3)C4)c(OCC)c2)ccc1OC(=O)CCNC12CC3CC(CC(C3)C1)C2. The zero-order chi connectivity index (χ0) is 41.0. The van der Waals surface area contributed by atoms with E-state index < -0.39 is 0 Å². The van der Waals surface area contributed by atoms with Crippen LogP contribution < -0.4 is 29.6 Å². The third kappa shape index (κ3) is 10.4. The Balaban J connectivity index is 0.782. The van der Waals surface area contributed by atoms with Crippen molar-refractivity contribution in [1.29, 1.82) is 0 Å². The average molecular weight is 807 g/mol. The second kappa shape index (κ2) is 18.1. The molecule has 0 atom stereocenters. The Morgan fingerprint density at radius 2 is 0.915 bits per heavy atom. The Bertz CT molecular complexity index is 1740. The summed E-state index contributed by atoms with van der Waals surface area (Å²) in [4.78, 5) is 51.3. The van der Waals surface area contributed by atoms with Crippen LogP contribution in [0.1, 0.15) is 121 Å². The van der Waals surface area contributed by atoms with Crippen molar-refractivity contribution in [3.63, 3.8) is 0 Å². The summed E-state index contributed by atoms with van der Waals surface area (Å²) >= 11 is 0. The van der Waals surface area contributed by atoms with Gasteiger partial charge in [0.05, 0.1) is 32.5 Å². The molecule has 10 nitrogen and oxygen atoms in total. The number of carbonyl (C=O) groups excluding carboxylic acids is 4. The molecule has 0 aromatic heterocycles. The maximum absolute atomic E-state index is 12.9. The summed E-state index contributed by atoms with van der Waals surface area (Å²) in [6, 6.07) is 10.3. The van der Waals surface area contributed by atoms with Gasteiger partial charge in [0.2, 0.25) is 0 Å². The lowest BCUT2D eigenvalue weighted by atomic mass is 9.53. The van der Waals surface area contributed by atoms with Gasteiger partial charge in [0.15, 0.2) is 34.6 Å². The summed E-state index contributed by atoms with van der Waals surface area (Å²) in [5.41, 5.74) is 1.75. The van der Waals surface area contributed by atoms with Crippen molar-refractivity contribution in [3.8, 4) is 23.0 Å². The van der Waals surface area contributed by atoms with E-state index in [1.165, 1.54) is 89.2 Å². The quantitative estimate of drug-likeness (QED) is 0.0582. The van der Waals surface area contributed by atoms with Gasteiger partial charge in [-0.3, -0.25) is 19.2 Å². The summed E-state index contributed by atoms with van der Waals surface area (Å²) in [7, 11) is 0. The number of rotatable bonds is 20. The van der Waals surface area contributed by atoms with Gasteiger partial charge in [-0.25, -0.2) is 0 Å². The lowest BCUT2D eigenvalue weighted by Gasteiger charge is -2.57. The van der Waals surface area contributed by atoms with Gasteiger partial charge in [0, 0.05) is 24.2 Å². The number of ketones is 2. The minimum absolute atomic E-state index is 0.196. The Kier molecular flexibility index (Phi) is 12.7. The molecule has 0 amide bonds. The van der Waals surface area contributed by atoms with Crippen molar-refractivity contribution >= 4 is 35.7 Å². The van der Waals surface area contributed by atoms with Crippen molar-refractivity contribution in [3.05, 3.63) is 59.7 Å². The first kappa shape index (κ1) is 41.5. The van der Waals surface area contributed by atoms with Crippen LogP contribution in [0.4, 0.5) is 0 Å². The van der Waals surface area contributed by atoms with Crippen molar-refractivity contribution in [2.45, 2.75) is 121 Å². The number of esters is 2. The molecule has 316 valence electrons. The second-order valence-corrected chi connectivity index (χ2v) is 18.8. The maximum Gasteiger partial charge on any atom is 0.312 e. The van der Waals surface area contributed by atoms with E-state index in [1.54, 1.807) is 48.6 Å². The molecule has 8 saturated carbocycles. The van der Waals surface area contributed by atoms with Gasteiger partial charge in [-0.05, 0) is 174 Å².